The first-order valence-corrected chi connectivity index (χ1v) is 5.67. The van der Waals surface area contributed by atoms with Crippen molar-refractivity contribution in [2.45, 2.75) is 6.92 Å². The Hall–Kier alpha value is -2.70. The lowest BCUT2D eigenvalue weighted by molar-refractivity contribution is -0.384. The number of nitrogens with zero attached hydrogens (tertiary/aromatic N) is 3. The Morgan fingerprint density at radius 3 is 3.00 bits per heavy atom. The van der Waals surface area contributed by atoms with Gasteiger partial charge in [-0.25, -0.2) is 0 Å². The molecule has 1 N–H and O–H groups in total. The van der Waals surface area contributed by atoms with Crippen molar-refractivity contribution < 1.29 is 9.66 Å². The Morgan fingerprint density at radius 2 is 2.26 bits per heavy atom. The lowest BCUT2D eigenvalue weighted by Gasteiger charge is -2.06. The highest BCUT2D eigenvalue weighted by atomic mass is 16.6. The zero-order chi connectivity index (χ0) is 13.7. The summed E-state index contributed by atoms with van der Waals surface area (Å²) >= 11 is 0. The first-order chi connectivity index (χ1) is 9.19. The van der Waals surface area contributed by atoms with Gasteiger partial charge in [0.15, 0.2) is 0 Å². The number of ether oxygens (including phenoxy) is 1. The number of nitro groups is 1. The minimum Gasteiger partial charge on any atom is -0.437 e. The van der Waals surface area contributed by atoms with E-state index < -0.39 is 4.92 Å². The highest BCUT2D eigenvalue weighted by Gasteiger charge is 2.08. The van der Waals surface area contributed by atoms with Gasteiger partial charge in [-0.2, -0.15) is 4.98 Å². The fourth-order valence-corrected chi connectivity index (χ4v) is 1.44. The second kappa shape index (κ2) is 5.76. The van der Waals surface area contributed by atoms with E-state index in [-0.39, 0.29) is 11.6 Å². The SMILES string of the molecule is CCNc1cncc(Oc2cccc([N+](=O)[O-])c2)n1. The predicted molar refractivity (Wildman–Crippen MR) is 69.4 cm³/mol. The van der Waals surface area contributed by atoms with Crippen LogP contribution in [0.1, 0.15) is 6.92 Å². The van der Waals surface area contributed by atoms with Gasteiger partial charge in [0.1, 0.15) is 11.6 Å². The molecule has 0 fully saturated rings. The molecule has 7 nitrogen and oxygen atoms in total. The van der Waals surface area contributed by atoms with Gasteiger partial charge < -0.3 is 10.1 Å². The summed E-state index contributed by atoms with van der Waals surface area (Å²) in [5.74, 6) is 1.21. The van der Waals surface area contributed by atoms with Crippen LogP contribution in [-0.2, 0) is 0 Å². The Morgan fingerprint density at radius 1 is 1.42 bits per heavy atom. The summed E-state index contributed by atoms with van der Waals surface area (Å²) < 4.78 is 5.44. The molecule has 0 radical (unpaired) electrons. The molecule has 0 aliphatic heterocycles. The van der Waals surface area contributed by atoms with Crippen molar-refractivity contribution in [1.82, 2.24) is 9.97 Å². The van der Waals surface area contributed by atoms with Crippen LogP contribution in [0.4, 0.5) is 11.5 Å². The van der Waals surface area contributed by atoms with E-state index in [1.54, 1.807) is 18.3 Å². The van der Waals surface area contributed by atoms with Crippen molar-refractivity contribution in [1.29, 1.82) is 0 Å². The molecular formula is C12H12N4O3. The standard InChI is InChI=1S/C12H12N4O3/c1-2-14-11-7-13-8-12(15-11)19-10-5-3-4-9(6-10)16(17)18/h3-8H,2H2,1H3,(H,14,15). The van der Waals surface area contributed by atoms with Gasteiger partial charge in [0, 0.05) is 12.6 Å². The molecule has 0 aliphatic carbocycles. The number of nitro benzene ring substituents is 1. The quantitative estimate of drug-likeness (QED) is 0.656. The maximum atomic E-state index is 10.7. The number of benzene rings is 1. The minimum atomic E-state index is -0.479. The Balaban J connectivity index is 2.18. The fraction of sp³-hybridized carbons (Fsp3) is 0.167. The summed E-state index contributed by atoms with van der Waals surface area (Å²) in [6.07, 6.45) is 3.02. The molecular weight excluding hydrogens is 248 g/mol. The van der Waals surface area contributed by atoms with Crippen LogP contribution in [0.15, 0.2) is 36.7 Å². The van der Waals surface area contributed by atoms with Crippen molar-refractivity contribution in [3.05, 3.63) is 46.8 Å². The summed E-state index contributed by atoms with van der Waals surface area (Å²) in [6.45, 7) is 2.66. The zero-order valence-corrected chi connectivity index (χ0v) is 10.2. The van der Waals surface area contributed by atoms with Gasteiger partial charge in [-0.05, 0) is 13.0 Å². The molecule has 0 spiro atoms. The van der Waals surface area contributed by atoms with Gasteiger partial charge in [-0.3, -0.25) is 15.1 Å². The molecule has 0 aliphatic rings. The van der Waals surface area contributed by atoms with Crippen LogP contribution in [-0.4, -0.2) is 21.4 Å². The third kappa shape index (κ3) is 3.38. The smallest absolute Gasteiger partial charge is 0.273 e. The monoisotopic (exact) mass is 260 g/mol. The van der Waals surface area contributed by atoms with Crippen LogP contribution >= 0.6 is 0 Å². The van der Waals surface area contributed by atoms with Crippen molar-refractivity contribution in [2.24, 2.45) is 0 Å². The molecule has 2 rings (SSSR count). The average molecular weight is 260 g/mol. The molecule has 0 saturated heterocycles. The van der Waals surface area contributed by atoms with Crippen molar-refractivity contribution in [3.8, 4) is 11.6 Å². The van der Waals surface area contributed by atoms with Crippen LogP contribution in [0, 0.1) is 10.1 Å². The number of rotatable bonds is 5. The summed E-state index contributed by atoms with van der Waals surface area (Å²) in [7, 11) is 0. The van der Waals surface area contributed by atoms with Crippen LogP contribution in [0.2, 0.25) is 0 Å². The molecule has 0 amide bonds. The van der Waals surface area contributed by atoms with E-state index >= 15 is 0 Å². The van der Waals surface area contributed by atoms with Crippen LogP contribution in [0.5, 0.6) is 11.6 Å². The van der Waals surface area contributed by atoms with Crippen LogP contribution in [0.3, 0.4) is 0 Å². The molecule has 0 bridgehead atoms. The summed E-state index contributed by atoms with van der Waals surface area (Å²) in [5, 5.41) is 13.7. The summed E-state index contributed by atoms with van der Waals surface area (Å²) in [4.78, 5) is 18.3. The van der Waals surface area contributed by atoms with Crippen LogP contribution < -0.4 is 10.1 Å². The third-order valence-electron chi connectivity index (χ3n) is 2.22. The maximum Gasteiger partial charge on any atom is 0.273 e. The van der Waals surface area contributed by atoms with E-state index in [2.05, 4.69) is 15.3 Å². The van der Waals surface area contributed by atoms with Gasteiger partial charge in [-0.15, -0.1) is 0 Å². The fourth-order valence-electron chi connectivity index (χ4n) is 1.44. The molecule has 1 aromatic heterocycles. The van der Waals surface area contributed by atoms with Gasteiger partial charge in [-0.1, -0.05) is 6.07 Å². The van der Waals surface area contributed by atoms with E-state index in [1.165, 1.54) is 18.3 Å². The van der Waals surface area contributed by atoms with E-state index in [9.17, 15) is 10.1 Å². The number of non-ortho nitro benzene ring substituents is 1. The first-order valence-electron chi connectivity index (χ1n) is 5.67. The summed E-state index contributed by atoms with van der Waals surface area (Å²) in [6, 6.07) is 5.90. The Labute approximate surface area is 109 Å². The third-order valence-corrected chi connectivity index (χ3v) is 2.22. The van der Waals surface area contributed by atoms with Gasteiger partial charge in [0.2, 0.25) is 5.88 Å². The zero-order valence-electron chi connectivity index (χ0n) is 10.2. The van der Waals surface area contributed by atoms with Crippen LogP contribution in [0.25, 0.3) is 0 Å². The lowest BCUT2D eigenvalue weighted by atomic mass is 10.3. The number of aromatic nitrogens is 2. The van der Waals surface area contributed by atoms with Gasteiger partial charge in [0.25, 0.3) is 5.69 Å². The normalized spacial score (nSPS) is 9.95. The molecule has 1 heterocycles. The van der Waals surface area contributed by atoms with Crippen molar-refractivity contribution >= 4 is 11.5 Å². The number of anilines is 1. The number of hydrogen-bond acceptors (Lipinski definition) is 6. The second-order valence-corrected chi connectivity index (χ2v) is 3.63. The highest BCUT2D eigenvalue weighted by molar-refractivity contribution is 5.40. The molecule has 0 saturated carbocycles. The van der Waals surface area contributed by atoms with E-state index in [1.807, 2.05) is 6.92 Å². The lowest BCUT2D eigenvalue weighted by Crippen LogP contribution is -2.00. The maximum absolute atomic E-state index is 10.7. The predicted octanol–water partition coefficient (Wildman–Crippen LogP) is 2.61. The number of hydrogen-bond donors (Lipinski definition) is 1. The minimum absolute atomic E-state index is 0.0340. The molecule has 1 aromatic carbocycles. The van der Waals surface area contributed by atoms with Gasteiger partial charge in [0.05, 0.1) is 23.4 Å². The highest BCUT2D eigenvalue weighted by Crippen LogP contribution is 2.23. The van der Waals surface area contributed by atoms with E-state index in [0.29, 0.717) is 11.6 Å². The number of nitrogens with one attached hydrogen (secondary N) is 1. The Bertz CT molecular complexity index is 589. The molecule has 2 aromatic rings. The van der Waals surface area contributed by atoms with Crippen molar-refractivity contribution in [3.63, 3.8) is 0 Å². The molecule has 19 heavy (non-hydrogen) atoms. The van der Waals surface area contributed by atoms with E-state index in [0.717, 1.165) is 6.54 Å². The first kappa shape index (κ1) is 12.7. The molecule has 98 valence electrons. The van der Waals surface area contributed by atoms with E-state index in [4.69, 9.17) is 4.74 Å². The molecule has 7 heteroatoms. The topological polar surface area (TPSA) is 90.2 Å². The summed E-state index contributed by atoms with van der Waals surface area (Å²) in [5.41, 5.74) is -0.0340. The molecule has 0 unspecified atom stereocenters. The Kier molecular flexibility index (Phi) is 3.87. The largest absolute Gasteiger partial charge is 0.437 e. The average Bonchev–Trinajstić information content (AvgIpc) is 2.40. The second-order valence-electron chi connectivity index (χ2n) is 3.63. The van der Waals surface area contributed by atoms with Gasteiger partial charge >= 0.3 is 0 Å². The molecule has 0 atom stereocenters. The van der Waals surface area contributed by atoms with Crippen molar-refractivity contribution in [2.75, 3.05) is 11.9 Å².